The normalized spacial score (nSPS) is 12.9. The minimum Gasteiger partial charge on any atom is -0.469 e. The molecular formula is C19H25NO3. The fourth-order valence-electron chi connectivity index (χ4n) is 2.31. The smallest absolute Gasteiger partial charge is 0.220 e. The van der Waals surface area contributed by atoms with E-state index in [-0.39, 0.29) is 17.9 Å². The van der Waals surface area contributed by atoms with E-state index in [9.17, 15) is 9.90 Å². The lowest BCUT2D eigenvalue weighted by molar-refractivity contribution is -0.121. The number of furan rings is 1. The first-order chi connectivity index (χ1) is 10.9. The summed E-state index contributed by atoms with van der Waals surface area (Å²) in [6, 6.07) is 11.5. The number of aliphatic hydroxyl groups excluding tert-OH is 1. The number of aryl methyl sites for hydroxylation is 1. The van der Waals surface area contributed by atoms with E-state index in [0.29, 0.717) is 12.8 Å². The van der Waals surface area contributed by atoms with Crippen molar-refractivity contribution in [3.63, 3.8) is 0 Å². The highest BCUT2D eigenvalue weighted by atomic mass is 16.3. The fraction of sp³-hybridized carbons (Fsp3) is 0.421. The SMILES string of the molecule is CC(C)(C)c1ccc(C(O)CNC(=O)CCc2ccco2)cc1. The Bertz CT molecular complexity index is 609. The van der Waals surface area contributed by atoms with Gasteiger partial charge in [0, 0.05) is 19.4 Å². The lowest BCUT2D eigenvalue weighted by Crippen LogP contribution is -2.28. The van der Waals surface area contributed by atoms with E-state index in [4.69, 9.17) is 4.42 Å². The summed E-state index contributed by atoms with van der Waals surface area (Å²) in [5, 5.41) is 12.9. The highest BCUT2D eigenvalue weighted by molar-refractivity contribution is 5.76. The first kappa shape index (κ1) is 17.3. The van der Waals surface area contributed by atoms with Crippen LogP contribution in [0.5, 0.6) is 0 Å². The molecule has 4 nitrogen and oxygen atoms in total. The second kappa shape index (κ2) is 7.47. The molecule has 1 unspecified atom stereocenters. The van der Waals surface area contributed by atoms with Crippen LogP contribution in [0.2, 0.25) is 0 Å². The summed E-state index contributed by atoms with van der Waals surface area (Å²) in [5.41, 5.74) is 2.11. The maximum atomic E-state index is 11.8. The maximum Gasteiger partial charge on any atom is 0.220 e. The number of carbonyl (C=O) groups excluding carboxylic acids is 1. The predicted octanol–water partition coefficient (Wildman–Crippen LogP) is 3.36. The van der Waals surface area contributed by atoms with Crippen molar-refractivity contribution in [3.8, 4) is 0 Å². The number of carbonyl (C=O) groups is 1. The van der Waals surface area contributed by atoms with Crippen molar-refractivity contribution < 1.29 is 14.3 Å². The average Bonchev–Trinajstić information content (AvgIpc) is 3.03. The van der Waals surface area contributed by atoms with Crippen LogP contribution in [0.15, 0.2) is 47.1 Å². The van der Waals surface area contributed by atoms with Gasteiger partial charge in [0.1, 0.15) is 5.76 Å². The zero-order valence-corrected chi connectivity index (χ0v) is 14.0. The lowest BCUT2D eigenvalue weighted by atomic mass is 9.86. The van der Waals surface area contributed by atoms with Gasteiger partial charge < -0.3 is 14.8 Å². The van der Waals surface area contributed by atoms with Crippen LogP contribution < -0.4 is 5.32 Å². The summed E-state index contributed by atoms with van der Waals surface area (Å²) >= 11 is 0. The van der Waals surface area contributed by atoms with Gasteiger partial charge >= 0.3 is 0 Å². The van der Waals surface area contributed by atoms with E-state index < -0.39 is 6.10 Å². The summed E-state index contributed by atoms with van der Waals surface area (Å²) in [5.74, 6) is 0.699. The zero-order valence-electron chi connectivity index (χ0n) is 14.0. The summed E-state index contributed by atoms with van der Waals surface area (Å²) < 4.78 is 5.19. The molecule has 2 N–H and O–H groups in total. The molecule has 0 aliphatic carbocycles. The molecule has 0 bridgehead atoms. The number of amides is 1. The van der Waals surface area contributed by atoms with Crippen LogP contribution in [0.25, 0.3) is 0 Å². The Hall–Kier alpha value is -2.07. The molecule has 0 saturated carbocycles. The molecule has 1 aromatic heterocycles. The van der Waals surface area contributed by atoms with E-state index in [1.54, 1.807) is 12.3 Å². The largest absolute Gasteiger partial charge is 0.469 e. The van der Waals surface area contributed by atoms with Gasteiger partial charge in [-0.1, -0.05) is 45.0 Å². The monoisotopic (exact) mass is 315 g/mol. The fourth-order valence-corrected chi connectivity index (χ4v) is 2.31. The van der Waals surface area contributed by atoms with Crippen molar-refractivity contribution in [1.29, 1.82) is 0 Å². The molecule has 124 valence electrons. The minimum absolute atomic E-state index is 0.0869. The van der Waals surface area contributed by atoms with Crippen LogP contribution in [-0.4, -0.2) is 17.6 Å². The van der Waals surface area contributed by atoms with Crippen molar-refractivity contribution in [2.45, 2.75) is 45.1 Å². The van der Waals surface area contributed by atoms with E-state index in [0.717, 1.165) is 11.3 Å². The van der Waals surface area contributed by atoms with Gasteiger partial charge in [0.05, 0.1) is 12.4 Å². The summed E-state index contributed by atoms with van der Waals surface area (Å²) in [6.07, 6.45) is 1.81. The van der Waals surface area contributed by atoms with Gasteiger partial charge in [-0.05, 0) is 28.7 Å². The van der Waals surface area contributed by atoms with Gasteiger partial charge in [0.2, 0.25) is 5.91 Å². The Kier molecular flexibility index (Phi) is 5.61. The van der Waals surface area contributed by atoms with Crippen LogP contribution in [0.1, 0.15) is 50.2 Å². The third kappa shape index (κ3) is 5.25. The minimum atomic E-state index is -0.698. The number of benzene rings is 1. The van der Waals surface area contributed by atoms with Gasteiger partial charge in [-0.2, -0.15) is 0 Å². The third-order valence-corrected chi connectivity index (χ3v) is 3.83. The molecule has 1 amide bonds. The topological polar surface area (TPSA) is 62.5 Å². The number of aliphatic hydroxyl groups is 1. The summed E-state index contributed by atoms with van der Waals surface area (Å²) in [7, 11) is 0. The predicted molar refractivity (Wildman–Crippen MR) is 90.1 cm³/mol. The molecule has 2 aromatic rings. The van der Waals surface area contributed by atoms with Crippen molar-refractivity contribution in [1.82, 2.24) is 5.32 Å². The standard InChI is InChI=1S/C19H25NO3/c1-19(2,3)15-8-6-14(7-9-15)17(21)13-20-18(22)11-10-16-5-4-12-23-16/h4-9,12,17,21H,10-11,13H2,1-3H3,(H,20,22). The molecular weight excluding hydrogens is 290 g/mol. The quantitative estimate of drug-likeness (QED) is 0.859. The Labute approximate surface area is 137 Å². The summed E-state index contributed by atoms with van der Waals surface area (Å²) in [4.78, 5) is 11.8. The van der Waals surface area contributed by atoms with E-state index >= 15 is 0 Å². The van der Waals surface area contributed by atoms with Crippen LogP contribution >= 0.6 is 0 Å². The van der Waals surface area contributed by atoms with Gasteiger partial charge in [-0.15, -0.1) is 0 Å². The Balaban J connectivity index is 1.79. The first-order valence-corrected chi connectivity index (χ1v) is 7.94. The highest BCUT2D eigenvalue weighted by Gasteiger charge is 2.15. The van der Waals surface area contributed by atoms with Gasteiger partial charge in [-0.3, -0.25) is 4.79 Å². The van der Waals surface area contributed by atoms with Crippen LogP contribution in [0, 0.1) is 0 Å². The van der Waals surface area contributed by atoms with E-state index in [1.165, 1.54) is 5.56 Å². The maximum absolute atomic E-state index is 11.8. The molecule has 0 radical (unpaired) electrons. The second-order valence-electron chi connectivity index (χ2n) is 6.77. The van der Waals surface area contributed by atoms with E-state index in [1.807, 2.05) is 30.3 Å². The molecule has 1 aromatic carbocycles. The molecule has 2 rings (SSSR count). The molecule has 0 saturated heterocycles. The van der Waals surface area contributed by atoms with Crippen LogP contribution in [0.4, 0.5) is 0 Å². The zero-order chi connectivity index (χ0) is 16.9. The molecule has 0 aliphatic rings. The first-order valence-electron chi connectivity index (χ1n) is 7.94. The van der Waals surface area contributed by atoms with E-state index in [2.05, 4.69) is 26.1 Å². The van der Waals surface area contributed by atoms with Crippen molar-refractivity contribution in [3.05, 3.63) is 59.5 Å². The van der Waals surface area contributed by atoms with Gasteiger partial charge in [-0.25, -0.2) is 0 Å². The molecule has 0 aliphatic heterocycles. The molecule has 1 heterocycles. The van der Waals surface area contributed by atoms with Crippen LogP contribution in [0.3, 0.4) is 0 Å². The third-order valence-electron chi connectivity index (χ3n) is 3.83. The lowest BCUT2D eigenvalue weighted by Gasteiger charge is -2.20. The number of nitrogens with one attached hydrogen (secondary N) is 1. The van der Waals surface area contributed by atoms with Gasteiger partial charge in [0.25, 0.3) is 0 Å². The Morgan fingerprint density at radius 1 is 1.22 bits per heavy atom. The Morgan fingerprint density at radius 3 is 2.48 bits per heavy atom. The van der Waals surface area contributed by atoms with Crippen LogP contribution in [-0.2, 0) is 16.6 Å². The molecule has 0 spiro atoms. The Morgan fingerprint density at radius 2 is 1.91 bits per heavy atom. The molecule has 1 atom stereocenters. The average molecular weight is 315 g/mol. The molecule has 4 heteroatoms. The molecule has 23 heavy (non-hydrogen) atoms. The number of hydrogen-bond donors (Lipinski definition) is 2. The van der Waals surface area contributed by atoms with Crippen molar-refractivity contribution in [2.24, 2.45) is 0 Å². The summed E-state index contributed by atoms with van der Waals surface area (Å²) in [6.45, 7) is 6.67. The number of hydrogen-bond acceptors (Lipinski definition) is 3. The second-order valence-corrected chi connectivity index (χ2v) is 6.77. The number of rotatable bonds is 6. The molecule has 0 fully saturated rings. The van der Waals surface area contributed by atoms with Crippen molar-refractivity contribution in [2.75, 3.05) is 6.54 Å². The van der Waals surface area contributed by atoms with Gasteiger partial charge in [0.15, 0.2) is 0 Å². The van der Waals surface area contributed by atoms with Crippen molar-refractivity contribution >= 4 is 5.91 Å². The highest BCUT2D eigenvalue weighted by Crippen LogP contribution is 2.23.